The van der Waals surface area contributed by atoms with Crippen molar-refractivity contribution in [2.24, 2.45) is 0 Å². The van der Waals surface area contributed by atoms with Crippen LogP contribution in [0, 0.1) is 10.1 Å². The molecule has 0 aliphatic carbocycles. The summed E-state index contributed by atoms with van der Waals surface area (Å²) in [5, 5.41) is 19.0. The summed E-state index contributed by atoms with van der Waals surface area (Å²) in [6, 6.07) is 1.27. The predicted octanol–water partition coefficient (Wildman–Crippen LogP) is 1.49. The van der Waals surface area contributed by atoms with Gasteiger partial charge in [0.25, 0.3) is 5.69 Å². The molecule has 1 aromatic rings. The molecule has 17 heavy (non-hydrogen) atoms. The number of carboxylic acids is 1. The van der Waals surface area contributed by atoms with Gasteiger partial charge in [-0.15, -0.1) is 0 Å². The molecule has 0 unspecified atom stereocenters. The van der Waals surface area contributed by atoms with Crippen molar-refractivity contribution in [2.75, 3.05) is 7.11 Å². The van der Waals surface area contributed by atoms with Gasteiger partial charge in [0.05, 0.1) is 18.5 Å². The number of hydrogen-bond donors (Lipinski definition) is 1. The molecule has 1 aromatic heterocycles. The topological polar surface area (TPSA) is 103 Å². The average Bonchev–Trinajstić information content (AvgIpc) is 2.28. The molecule has 0 aliphatic heterocycles. The average molecular weight is 238 g/mol. The van der Waals surface area contributed by atoms with Gasteiger partial charge < -0.3 is 9.84 Å². The quantitative estimate of drug-likeness (QED) is 0.615. The molecule has 0 spiro atoms. The molecule has 0 saturated carbocycles. The Labute approximate surface area is 96.5 Å². The van der Waals surface area contributed by atoms with E-state index in [1.165, 1.54) is 25.3 Å². The van der Waals surface area contributed by atoms with Crippen LogP contribution in [0.4, 0.5) is 5.69 Å². The molecule has 0 saturated heterocycles. The van der Waals surface area contributed by atoms with E-state index in [4.69, 9.17) is 9.84 Å². The van der Waals surface area contributed by atoms with Crippen LogP contribution in [0.15, 0.2) is 18.3 Å². The summed E-state index contributed by atoms with van der Waals surface area (Å²) in [7, 11) is 1.38. The smallest absolute Gasteiger partial charge is 0.307 e. The third-order valence-electron chi connectivity index (χ3n) is 1.86. The lowest BCUT2D eigenvalue weighted by molar-refractivity contribution is -0.385. The first kappa shape index (κ1) is 12.6. The number of aliphatic carboxylic acids is 1. The van der Waals surface area contributed by atoms with Crippen LogP contribution in [0.25, 0.3) is 6.08 Å². The number of nitro groups is 1. The molecule has 0 aliphatic rings. The number of ether oxygens (including phenoxy) is 1. The second kappa shape index (κ2) is 5.59. The Morgan fingerprint density at radius 3 is 2.94 bits per heavy atom. The summed E-state index contributed by atoms with van der Waals surface area (Å²) in [6.45, 7) is 0. The highest BCUT2D eigenvalue weighted by atomic mass is 16.6. The zero-order chi connectivity index (χ0) is 12.8. The fourth-order valence-electron chi connectivity index (χ4n) is 1.13. The molecule has 1 rings (SSSR count). The third-order valence-corrected chi connectivity index (χ3v) is 1.86. The van der Waals surface area contributed by atoms with E-state index in [-0.39, 0.29) is 18.0 Å². The molecule has 0 fully saturated rings. The van der Waals surface area contributed by atoms with Crippen molar-refractivity contribution in [3.05, 3.63) is 34.0 Å². The number of pyridine rings is 1. The van der Waals surface area contributed by atoms with E-state index in [0.717, 1.165) is 6.20 Å². The number of rotatable bonds is 5. The maximum atomic E-state index is 10.5. The van der Waals surface area contributed by atoms with Gasteiger partial charge in [-0.2, -0.15) is 0 Å². The van der Waals surface area contributed by atoms with Crippen molar-refractivity contribution in [3.63, 3.8) is 0 Å². The molecule has 0 amide bonds. The maximum Gasteiger partial charge on any atom is 0.307 e. The Bertz CT molecular complexity index is 470. The van der Waals surface area contributed by atoms with E-state index in [1.54, 1.807) is 0 Å². The number of carboxylic acid groups (broad SMARTS) is 1. The molecular formula is C10H10N2O5. The number of methoxy groups -OCH3 is 1. The fraction of sp³-hybridized carbons (Fsp3) is 0.200. The minimum Gasteiger partial charge on any atom is -0.481 e. The Balaban J connectivity index is 3.01. The Morgan fingerprint density at radius 1 is 1.71 bits per heavy atom. The van der Waals surface area contributed by atoms with Gasteiger partial charge in [0.2, 0.25) is 5.88 Å². The number of aromatic nitrogens is 1. The van der Waals surface area contributed by atoms with Crippen LogP contribution in [0.5, 0.6) is 5.88 Å². The summed E-state index contributed by atoms with van der Waals surface area (Å²) in [4.78, 5) is 24.0. The van der Waals surface area contributed by atoms with E-state index in [1.807, 2.05) is 0 Å². The first-order valence-electron chi connectivity index (χ1n) is 4.61. The molecule has 0 radical (unpaired) electrons. The second-order valence-electron chi connectivity index (χ2n) is 3.05. The standard InChI is InChI=1S/C10H10N2O5/c1-17-10-7(3-2-4-9(13)14)5-8(6-11-10)12(15)16/h2-3,5-6H,4H2,1H3,(H,13,14). The van der Waals surface area contributed by atoms with Crippen LogP contribution >= 0.6 is 0 Å². The molecule has 0 aromatic carbocycles. The number of carbonyl (C=O) groups is 1. The van der Waals surface area contributed by atoms with Gasteiger partial charge in [-0.05, 0) is 0 Å². The van der Waals surface area contributed by atoms with E-state index in [2.05, 4.69) is 4.98 Å². The van der Waals surface area contributed by atoms with Gasteiger partial charge in [-0.1, -0.05) is 12.2 Å². The molecule has 0 atom stereocenters. The Hall–Kier alpha value is -2.44. The summed E-state index contributed by atoms with van der Waals surface area (Å²) >= 11 is 0. The van der Waals surface area contributed by atoms with Gasteiger partial charge in [0.1, 0.15) is 6.20 Å². The first-order chi connectivity index (χ1) is 8.04. The van der Waals surface area contributed by atoms with Crippen molar-refractivity contribution in [1.82, 2.24) is 4.98 Å². The van der Waals surface area contributed by atoms with Crippen LogP contribution in [-0.2, 0) is 4.79 Å². The lowest BCUT2D eigenvalue weighted by Gasteiger charge is -2.02. The first-order valence-corrected chi connectivity index (χ1v) is 4.61. The van der Waals surface area contributed by atoms with Crippen molar-refractivity contribution < 1.29 is 19.6 Å². The molecule has 1 N–H and O–H groups in total. The van der Waals surface area contributed by atoms with Crippen LogP contribution in [0.1, 0.15) is 12.0 Å². The van der Waals surface area contributed by atoms with Gasteiger partial charge in [-0.3, -0.25) is 14.9 Å². The van der Waals surface area contributed by atoms with Crippen molar-refractivity contribution in [3.8, 4) is 5.88 Å². The lowest BCUT2D eigenvalue weighted by atomic mass is 10.2. The third kappa shape index (κ3) is 3.56. The van der Waals surface area contributed by atoms with Crippen molar-refractivity contribution >= 4 is 17.7 Å². The van der Waals surface area contributed by atoms with E-state index in [9.17, 15) is 14.9 Å². The monoisotopic (exact) mass is 238 g/mol. The number of hydrogen-bond acceptors (Lipinski definition) is 5. The van der Waals surface area contributed by atoms with E-state index < -0.39 is 10.9 Å². The highest BCUT2D eigenvalue weighted by molar-refractivity contribution is 5.71. The van der Waals surface area contributed by atoms with E-state index in [0.29, 0.717) is 5.56 Å². The van der Waals surface area contributed by atoms with Gasteiger partial charge in [0.15, 0.2) is 0 Å². The lowest BCUT2D eigenvalue weighted by Crippen LogP contribution is -1.95. The predicted molar refractivity (Wildman–Crippen MR) is 58.7 cm³/mol. The second-order valence-corrected chi connectivity index (χ2v) is 3.05. The molecule has 90 valence electrons. The minimum atomic E-state index is -0.987. The molecule has 7 nitrogen and oxygen atoms in total. The van der Waals surface area contributed by atoms with Gasteiger partial charge in [-0.25, -0.2) is 4.98 Å². The van der Waals surface area contributed by atoms with Gasteiger partial charge in [0, 0.05) is 11.6 Å². The fourth-order valence-corrected chi connectivity index (χ4v) is 1.13. The molecule has 7 heteroatoms. The molecule has 1 heterocycles. The normalized spacial score (nSPS) is 10.4. The zero-order valence-electron chi connectivity index (χ0n) is 8.99. The van der Waals surface area contributed by atoms with Crippen LogP contribution in [0.3, 0.4) is 0 Å². The summed E-state index contributed by atoms with van der Waals surface area (Å²) in [5.41, 5.74) is 0.184. The van der Waals surface area contributed by atoms with Gasteiger partial charge >= 0.3 is 5.97 Å². The molecule has 0 bridgehead atoms. The maximum absolute atomic E-state index is 10.5. The van der Waals surface area contributed by atoms with Crippen LogP contribution < -0.4 is 4.74 Å². The Kier molecular flexibility index (Phi) is 4.15. The molecular weight excluding hydrogens is 228 g/mol. The van der Waals surface area contributed by atoms with E-state index >= 15 is 0 Å². The SMILES string of the molecule is COc1ncc([N+](=O)[O-])cc1C=CCC(=O)O. The summed E-state index contributed by atoms with van der Waals surface area (Å²) < 4.78 is 4.91. The Morgan fingerprint density at radius 2 is 2.41 bits per heavy atom. The number of nitrogens with zero attached hydrogens (tertiary/aromatic N) is 2. The zero-order valence-corrected chi connectivity index (χ0v) is 8.99. The highest BCUT2D eigenvalue weighted by Crippen LogP contribution is 2.22. The van der Waals surface area contributed by atoms with Crippen molar-refractivity contribution in [2.45, 2.75) is 6.42 Å². The summed E-state index contributed by atoms with van der Waals surface area (Å²) in [5.74, 6) is -0.782. The minimum absolute atomic E-state index is 0.175. The van der Waals surface area contributed by atoms with Crippen LogP contribution in [0.2, 0.25) is 0 Å². The largest absolute Gasteiger partial charge is 0.481 e. The highest BCUT2D eigenvalue weighted by Gasteiger charge is 2.10. The van der Waals surface area contributed by atoms with Crippen LogP contribution in [-0.4, -0.2) is 28.1 Å². The van der Waals surface area contributed by atoms with Crippen molar-refractivity contribution in [1.29, 1.82) is 0 Å². The summed E-state index contributed by atoms with van der Waals surface area (Å²) in [6.07, 6.45) is 3.69.